The molecular formula is C23H23BrClNO3. The Hall–Kier alpha value is -2.21. The highest BCUT2D eigenvalue weighted by molar-refractivity contribution is 9.10. The molecule has 152 valence electrons. The Morgan fingerprint density at radius 2 is 1.66 bits per heavy atom. The fraction of sp³-hybridized carbons (Fsp3) is 0.217. The molecule has 0 radical (unpaired) electrons. The van der Waals surface area contributed by atoms with E-state index in [4.69, 9.17) is 25.8 Å². The fourth-order valence-electron chi connectivity index (χ4n) is 2.91. The van der Waals surface area contributed by atoms with Crippen molar-refractivity contribution in [3.05, 3.63) is 86.8 Å². The highest BCUT2D eigenvalue weighted by Gasteiger charge is 2.15. The van der Waals surface area contributed by atoms with Crippen LogP contribution in [0.25, 0.3) is 0 Å². The first-order chi connectivity index (χ1) is 14.1. The lowest BCUT2D eigenvalue weighted by Gasteiger charge is -2.17. The van der Waals surface area contributed by atoms with Gasteiger partial charge in [-0.2, -0.15) is 0 Å². The van der Waals surface area contributed by atoms with Gasteiger partial charge in [-0.25, -0.2) is 0 Å². The Balaban J connectivity index is 1.73. The van der Waals surface area contributed by atoms with Crippen molar-refractivity contribution in [3.8, 4) is 17.2 Å². The second-order valence-electron chi connectivity index (χ2n) is 6.39. The summed E-state index contributed by atoms with van der Waals surface area (Å²) in [7, 11) is 3.30. The molecule has 0 amide bonds. The summed E-state index contributed by atoms with van der Waals surface area (Å²) in [5.74, 6) is 2.23. The van der Waals surface area contributed by atoms with Gasteiger partial charge in [-0.05, 0) is 35.9 Å². The summed E-state index contributed by atoms with van der Waals surface area (Å²) in [6, 6.07) is 19.5. The van der Waals surface area contributed by atoms with Gasteiger partial charge in [0, 0.05) is 33.7 Å². The second kappa shape index (κ2) is 10.5. The molecule has 3 aromatic rings. The molecule has 0 aliphatic carbocycles. The highest BCUT2D eigenvalue weighted by Crippen LogP contribution is 2.37. The Kier molecular flexibility index (Phi) is 7.81. The van der Waals surface area contributed by atoms with Crippen LogP contribution in [0.1, 0.15) is 16.7 Å². The SMILES string of the molecule is COc1ccc(CNCc2c(Br)ccc(OC)c2OCc2ccccc2Cl)cc1. The van der Waals surface area contributed by atoms with Crippen LogP contribution in [0.5, 0.6) is 17.2 Å². The monoisotopic (exact) mass is 475 g/mol. The third-order valence-electron chi connectivity index (χ3n) is 4.51. The minimum atomic E-state index is 0.359. The van der Waals surface area contributed by atoms with E-state index in [1.54, 1.807) is 14.2 Å². The van der Waals surface area contributed by atoms with Crippen molar-refractivity contribution in [1.29, 1.82) is 0 Å². The van der Waals surface area contributed by atoms with Crippen LogP contribution in [0.2, 0.25) is 5.02 Å². The third-order valence-corrected chi connectivity index (χ3v) is 5.62. The van der Waals surface area contributed by atoms with E-state index in [2.05, 4.69) is 21.2 Å². The van der Waals surface area contributed by atoms with Gasteiger partial charge in [0.15, 0.2) is 11.5 Å². The van der Waals surface area contributed by atoms with E-state index in [1.807, 2.05) is 60.7 Å². The standard InChI is InChI=1S/C23H23BrClNO3/c1-27-18-9-7-16(8-10-18)13-26-14-19-20(24)11-12-22(28-2)23(19)29-15-17-5-3-4-6-21(17)25/h3-12,26H,13-15H2,1-2H3. The zero-order valence-electron chi connectivity index (χ0n) is 16.4. The van der Waals surface area contributed by atoms with Gasteiger partial charge in [0.25, 0.3) is 0 Å². The highest BCUT2D eigenvalue weighted by atomic mass is 79.9. The summed E-state index contributed by atoms with van der Waals surface area (Å²) in [5, 5.41) is 4.15. The predicted molar refractivity (Wildman–Crippen MR) is 120 cm³/mol. The van der Waals surface area contributed by atoms with Gasteiger partial charge in [-0.3, -0.25) is 0 Å². The number of benzene rings is 3. The lowest BCUT2D eigenvalue weighted by atomic mass is 10.1. The number of nitrogens with one attached hydrogen (secondary N) is 1. The molecule has 0 saturated heterocycles. The van der Waals surface area contributed by atoms with Crippen molar-refractivity contribution in [2.45, 2.75) is 19.7 Å². The molecule has 1 N–H and O–H groups in total. The second-order valence-corrected chi connectivity index (χ2v) is 7.65. The van der Waals surface area contributed by atoms with E-state index < -0.39 is 0 Å². The first-order valence-corrected chi connectivity index (χ1v) is 10.3. The Labute approximate surface area is 184 Å². The Bertz CT molecular complexity index is 947. The number of methoxy groups -OCH3 is 2. The summed E-state index contributed by atoms with van der Waals surface area (Å²) in [4.78, 5) is 0. The summed E-state index contributed by atoms with van der Waals surface area (Å²) in [6.45, 7) is 1.69. The number of halogens is 2. The van der Waals surface area contributed by atoms with Gasteiger partial charge in [0.05, 0.1) is 14.2 Å². The van der Waals surface area contributed by atoms with Crippen molar-refractivity contribution >= 4 is 27.5 Å². The number of rotatable bonds is 9. The summed E-state index contributed by atoms with van der Waals surface area (Å²) in [6.07, 6.45) is 0. The lowest BCUT2D eigenvalue weighted by Crippen LogP contribution is -2.14. The van der Waals surface area contributed by atoms with Crippen LogP contribution in [-0.4, -0.2) is 14.2 Å². The Morgan fingerprint density at radius 3 is 2.34 bits per heavy atom. The molecule has 0 unspecified atom stereocenters. The third kappa shape index (κ3) is 5.66. The van der Waals surface area contributed by atoms with E-state index in [0.717, 1.165) is 27.9 Å². The molecule has 0 aromatic heterocycles. The zero-order chi connectivity index (χ0) is 20.6. The average molecular weight is 477 g/mol. The van der Waals surface area contributed by atoms with Gasteiger partial charge in [-0.15, -0.1) is 0 Å². The van der Waals surface area contributed by atoms with Gasteiger partial charge in [-0.1, -0.05) is 57.9 Å². The quantitative estimate of drug-likeness (QED) is 0.412. The molecule has 0 aliphatic heterocycles. The molecular weight excluding hydrogens is 454 g/mol. The molecule has 0 fully saturated rings. The first kappa shape index (κ1) is 21.5. The molecule has 3 rings (SSSR count). The van der Waals surface area contributed by atoms with Crippen molar-refractivity contribution in [3.63, 3.8) is 0 Å². The van der Waals surface area contributed by atoms with Gasteiger partial charge < -0.3 is 19.5 Å². The van der Waals surface area contributed by atoms with Crippen LogP contribution in [0.4, 0.5) is 0 Å². The molecule has 29 heavy (non-hydrogen) atoms. The summed E-state index contributed by atoms with van der Waals surface area (Å²) in [5.41, 5.74) is 3.08. The molecule has 0 spiro atoms. The molecule has 4 nitrogen and oxygen atoms in total. The normalized spacial score (nSPS) is 10.6. The van der Waals surface area contributed by atoms with Crippen LogP contribution >= 0.6 is 27.5 Å². The van der Waals surface area contributed by atoms with Crippen LogP contribution < -0.4 is 19.5 Å². The lowest BCUT2D eigenvalue weighted by molar-refractivity contribution is 0.280. The molecule has 0 saturated carbocycles. The molecule has 0 heterocycles. The maximum Gasteiger partial charge on any atom is 0.167 e. The smallest absolute Gasteiger partial charge is 0.167 e. The van der Waals surface area contributed by atoms with Crippen LogP contribution in [0.3, 0.4) is 0 Å². The topological polar surface area (TPSA) is 39.7 Å². The van der Waals surface area contributed by atoms with Crippen molar-refractivity contribution in [2.24, 2.45) is 0 Å². The van der Waals surface area contributed by atoms with Crippen LogP contribution in [-0.2, 0) is 19.7 Å². The molecule has 6 heteroatoms. The Morgan fingerprint density at radius 1 is 0.897 bits per heavy atom. The fourth-order valence-corrected chi connectivity index (χ4v) is 3.55. The number of hydrogen-bond donors (Lipinski definition) is 1. The molecule has 3 aromatic carbocycles. The zero-order valence-corrected chi connectivity index (χ0v) is 18.7. The first-order valence-electron chi connectivity index (χ1n) is 9.17. The number of hydrogen-bond acceptors (Lipinski definition) is 4. The molecule has 0 bridgehead atoms. The average Bonchev–Trinajstić information content (AvgIpc) is 2.75. The van der Waals surface area contributed by atoms with E-state index in [-0.39, 0.29) is 0 Å². The van der Waals surface area contributed by atoms with Gasteiger partial charge in [0.2, 0.25) is 0 Å². The van der Waals surface area contributed by atoms with Crippen LogP contribution in [0, 0.1) is 0 Å². The maximum atomic E-state index is 6.27. The van der Waals surface area contributed by atoms with E-state index in [9.17, 15) is 0 Å². The minimum absolute atomic E-state index is 0.359. The van der Waals surface area contributed by atoms with Crippen molar-refractivity contribution in [2.75, 3.05) is 14.2 Å². The van der Waals surface area contributed by atoms with E-state index >= 15 is 0 Å². The van der Waals surface area contributed by atoms with Crippen molar-refractivity contribution in [1.82, 2.24) is 5.32 Å². The van der Waals surface area contributed by atoms with Crippen molar-refractivity contribution < 1.29 is 14.2 Å². The maximum absolute atomic E-state index is 6.27. The summed E-state index contributed by atoms with van der Waals surface area (Å²) >= 11 is 9.90. The number of ether oxygens (including phenoxy) is 3. The van der Waals surface area contributed by atoms with E-state index in [0.29, 0.717) is 29.7 Å². The van der Waals surface area contributed by atoms with Gasteiger partial charge in [0.1, 0.15) is 12.4 Å². The van der Waals surface area contributed by atoms with Crippen LogP contribution in [0.15, 0.2) is 65.1 Å². The summed E-state index contributed by atoms with van der Waals surface area (Å²) < 4.78 is 17.8. The van der Waals surface area contributed by atoms with Gasteiger partial charge >= 0.3 is 0 Å². The molecule has 0 aliphatic rings. The minimum Gasteiger partial charge on any atom is -0.497 e. The predicted octanol–water partition coefficient (Wildman–Crippen LogP) is 5.99. The van der Waals surface area contributed by atoms with E-state index in [1.165, 1.54) is 5.56 Å². The molecule has 0 atom stereocenters. The largest absolute Gasteiger partial charge is 0.497 e.